The van der Waals surface area contributed by atoms with Crippen molar-refractivity contribution in [2.45, 2.75) is 6.10 Å². The van der Waals surface area contributed by atoms with Crippen molar-refractivity contribution in [3.05, 3.63) is 18.3 Å². The van der Waals surface area contributed by atoms with E-state index in [2.05, 4.69) is 10.1 Å². The molecule has 0 aliphatic carbocycles. The van der Waals surface area contributed by atoms with Gasteiger partial charge in [-0.2, -0.15) is 0 Å². The molecule has 1 atom stereocenters. The van der Waals surface area contributed by atoms with E-state index in [4.69, 9.17) is 20.4 Å². The number of aromatic nitrogens is 1. The van der Waals surface area contributed by atoms with Crippen molar-refractivity contribution < 1.29 is 14.7 Å². The zero-order valence-corrected chi connectivity index (χ0v) is 10.1. The van der Waals surface area contributed by atoms with E-state index in [-0.39, 0.29) is 5.84 Å². The van der Waals surface area contributed by atoms with E-state index in [1.807, 2.05) is 17.0 Å². The fourth-order valence-corrected chi connectivity index (χ4v) is 1.86. The maximum absolute atomic E-state index is 8.67. The van der Waals surface area contributed by atoms with Crippen LogP contribution in [0.2, 0.25) is 0 Å². The van der Waals surface area contributed by atoms with Gasteiger partial charge in [-0.25, -0.2) is 4.98 Å². The van der Waals surface area contributed by atoms with Gasteiger partial charge in [-0.15, -0.1) is 0 Å². The molecule has 98 valence electrons. The van der Waals surface area contributed by atoms with E-state index in [9.17, 15) is 0 Å². The van der Waals surface area contributed by atoms with Crippen LogP contribution < -0.4 is 15.4 Å². The third-order valence-electron chi connectivity index (χ3n) is 2.78. The van der Waals surface area contributed by atoms with Crippen LogP contribution in [-0.2, 0) is 4.74 Å². The minimum atomic E-state index is -0.435. The first kappa shape index (κ1) is 12.4. The van der Waals surface area contributed by atoms with Gasteiger partial charge in [-0.1, -0.05) is 5.16 Å². The lowest BCUT2D eigenvalue weighted by atomic mass is 10.2. The Hall–Kier alpha value is -2.02. The zero-order chi connectivity index (χ0) is 13.0. The lowest BCUT2D eigenvalue weighted by molar-refractivity contribution is 0.0802. The molecule has 3 N–H and O–H groups in total. The van der Waals surface area contributed by atoms with Gasteiger partial charge in [0.1, 0.15) is 6.10 Å². The topological polar surface area (TPSA) is 93.2 Å². The highest BCUT2D eigenvalue weighted by Crippen LogP contribution is 2.26. The number of morpholine rings is 1. The van der Waals surface area contributed by atoms with Gasteiger partial charge in [0.2, 0.25) is 0 Å². The average molecular weight is 252 g/mol. The number of nitrogens with two attached hydrogens (primary N) is 1. The summed E-state index contributed by atoms with van der Waals surface area (Å²) in [5.74, 6) is 1.49. The second kappa shape index (κ2) is 5.54. The second-order valence-corrected chi connectivity index (χ2v) is 3.86. The largest absolute Gasteiger partial charge is 0.493 e. The highest BCUT2D eigenvalue weighted by Gasteiger charge is 2.26. The minimum absolute atomic E-state index is 0.0644. The molecular formula is C11H16N4O3. The molecule has 0 saturated carbocycles. The van der Waals surface area contributed by atoms with Gasteiger partial charge in [-0.05, 0) is 12.1 Å². The monoisotopic (exact) mass is 252 g/mol. The first-order valence-corrected chi connectivity index (χ1v) is 5.59. The van der Waals surface area contributed by atoms with Gasteiger partial charge >= 0.3 is 0 Å². The number of oxime groups is 1. The normalized spacial score (nSPS) is 20.8. The molecule has 2 heterocycles. The number of methoxy groups -OCH3 is 1. The standard InChI is InChI=1S/C11H16N4O3/c1-17-8-3-2-4-13-11(8)15-5-6-18-9(7-15)10(12)14-16/h2-4,9,16H,5-7H2,1H3,(H2,12,14). The maximum Gasteiger partial charge on any atom is 0.171 e. The Morgan fingerprint density at radius 3 is 3.28 bits per heavy atom. The maximum atomic E-state index is 8.67. The molecule has 18 heavy (non-hydrogen) atoms. The Labute approximate surface area is 105 Å². The summed E-state index contributed by atoms with van der Waals surface area (Å²) in [6, 6.07) is 3.65. The average Bonchev–Trinajstić information content (AvgIpc) is 2.46. The molecule has 0 bridgehead atoms. The Balaban J connectivity index is 2.18. The quantitative estimate of drug-likeness (QED) is 0.341. The van der Waals surface area contributed by atoms with Crippen molar-refractivity contribution in [1.82, 2.24) is 4.98 Å². The summed E-state index contributed by atoms with van der Waals surface area (Å²) in [7, 11) is 1.60. The van der Waals surface area contributed by atoms with Crippen LogP contribution in [0.3, 0.4) is 0 Å². The molecular weight excluding hydrogens is 236 g/mol. The molecule has 0 radical (unpaired) electrons. The molecule has 1 fully saturated rings. The van der Waals surface area contributed by atoms with E-state index in [1.165, 1.54) is 0 Å². The zero-order valence-electron chi connectivity index (χ0n) is 10.1. The second-order valence-electron chi connectivity index (χ2n) is 3.86. The lowest BCUT2D eigenvalue weighted by Crippen LogP contribution is -2.48. The van der Waals surface area contributed by atoms with Gasteiger partial charge in [-0.3, -0.25) is 0 Å². The fourth-order valence-electron chi connectivity index (χ4n) is 1.86. The van der Waals surface area contributed by atoms with Crippen molar-refractivity contribution in [2.24, 2.45) is 10.9 Å². The summed E-state index contributed by atoms with van der Waals surface area (Å²) >= 11 is 0. The molecule has 1 unspecified atom stereocenters. The number of hydrogen-bond acceptors (Lipinski definition) is 6. The van der Waals surface area contributed by atoms with Crippen LogP contribution in [0.5, 0.6) is 5.75 Å². The Morgan fingerprint density at radius 2 is 2.56 bits per heavy atom. The molecule has 1 aliphatic heterocycles. The Bertz CT molecular complexity index is 438. The molecule has 1 aromatic rings. The summed E-state index contributed by atoms with van der Waals surface area (Å²) in [5, 5.41) is 11.6. The summed E-state index contributed by atoms with van der Waals surface area (Å²) in [6.07, 6.45) is 1.27. The van der Waals surface area contributed by atoms with Crippen LogP contribution in [0.15, 0.2) is 23.5 Å². The number of rotatable bonds is 3. The van der Waals surface area contributed by atoms with Crippen molar-refractivity contribution in [3.63, 3.8) is 0 Å². The van der Waals surface area contributed by atoms with Crippen LogP contribution in [0.1, 0.15) is 0 Å². The third-order valence-corrected chi connectivity index (χ3v) is 2.78. The first-order chi connectivity index (χ1) is 8.76. The molecule has 0 spiro atoms. The number of nitrogens with zero attached hydrogens (tertiary/aromatic N) is 3. The van der Waals surface area contributed by atoms with Gasteiger partial charge < -0.3 is 25.3 Å². The summed E-state index contributed by atoms with van der Waals surface area (Å²) in [4.78, 5) is 6.29. The molecule has 0 aromatic carbocycles. The summed E-state index contributed by atoms with van der Waals surface area (Å²) in [5.41, 5.74) is 5.56. The number of ether oxygens (including phenoxy) is 2. The molecule has 7 heteroatoms. The lowest BCUT2D eigenvalue weighted by Gasteiger charge is -2.33. The van der Waals surface area contributed by atoms with Gasteiger partial charge in [0.05, 0.1) is 20.3 Å². The number of hydrogen-bond donors (Lipinski definition) is 2. The molecule has 1 aromatic heterocycles. The van der Waals surface area contributed by atoms with Crippen LogP contribution in [0, 0.1) is 0 Å². The van der Waals surface area contributed by atoms with Crippen molar-refractivity contribution in [1.29, 1.82) is 0 Å². The Kier molecular flexibility index (Phi) is 3.83. The van der Waals surface area contributed by atoms with Gasteiger partial charge in [0, 0.05) is 12.7 Å². The predicted octanol–water partition coefficient (Wildman–Crippen LogP) is 0.0418. The van der Waals surface area contributed by atoms with Crippen LogP contribution in [0.25, 0.3) is 0 Å². The predicted molar refractivity (Wildman–Crippen MR) is 66.2 cm³/mol. The van der Waals surface area contributed by atoms with E-state index in [0.717, 1.165) is 5.82 Å². The Morgan fingerprint density at radius 1 is 1.72 bits per heavy atom. The van der Waals surface area contributed by atoms with Crippen molar-refractivity contribution >= 4 is 11.7 Å². The van der Waals surface area contributed by atoms with Crippen LogP contribution in [0.4, 0.5) is 5.82 Å². The SMILES string of the molecule is COc1cccnc1N1CCOC(/C(N)=N/O)C1. The van der Waals surface area contributed by atoms with Crippen LogP contribution in [-0.4, -0.2) is 48.9 Å². The molecule has 2 rings (SSSR count). The van der Waals surface area contributed by atoms with E-state index < -0.39 is 6.10 Å². The number of pyridine rings is 1. The minimum Gasteiger partial charge on any atom is -0.493 e. The van der Waals surface area contributed by atoms with E-state index in [0.29, 0.717) is 25.4 Å². The summed E-state index contributed by atoms with van der Waals surface area (Å²) in [6.45, 7) is 1.65. The fraction of sp³-hybridized carbons (Fsp3) is 0.455. The highest BCUT2D eigenvalue weighted by atomic mass is 16.5. The van der Waals surface area contributed by atoms with Gasteiger partial charge in [0.15, 0.2) is 17.4 Å². The first-order valence-electron chi connectivity index (χ1n) is 5.59. The third kappa shape index (κ3) is 2.45. The van der Waals surface area contributed by atoms with Crippen molar-refractivity contribution in [3.8, 4) is 5.75 Å². The molecule has 1 saturated heterocycles. The summed E-state index contributed by atoms with van der Waals surface area (Å²) < 4.78 is 10.7. The van der Waals surface area contributed by atoms with E-state index in [1.54, 1.807) is 13.3 Å². The van der Waals surface area contributed by atoms with Crippen LogP contribution >= 0.6 is 0 Å². The number of amidine groups is 1. The van der Waals surface area contributed by atoms with Crippen molar-refractivity contribution in [2.75, 3.05) is 31.7 Å². The number of anilines is 1. The van der Waals surface area contributed by atoms with E-state index >= 15 is 0 Å². The van der Waals surface area contributed by atoms with Gasteiger partial charge in [0.25, 0.3) is 0 Å². The molecule has 0 amide bonds. The smallest absolute Gasteiger partial charge is 0.171 e. The highest BCUT2D eigenvalue weighted by molar-refractivity contribution is 5.85. The molecule has 1 aliphatic rings. The molecule has 7 nitrogen and oxygen atoms in total.